The Balaban J connectivity index is 2.84. The molecule has 0 saturated carbocycles. The minimum atomic E-state index is -3.64. The summed E-state index contributed by atoms with van der Waals surface area (Å²) in [5, 5.41) is 10.4. The van der Waals surface area contributed by atoms with Gasteiger partial charge >= 0.3 is 0 Å². The fraction of sp³-hybridized carbons (Fsp3) is 0.500. The first-order valence-electron chi connectivity index (χ1n) is 5.63. The normalized spacial score (nSPS) is 15.7. The van der Waals surface area contributed by atoms with Crippen molar-refractivity contribution in [1.82, 2.24) is 4.72 Å². The summed E-state index contributed by atoms with van der Waals surface area (Å²) in [6, 6.07) is 5.99. The van der Waals surface area contributed by atoms with Crippen LogP contribution in [0.2, 0.25) is 5.02 Å². The van der Waals surface area contributed by atoms with Crippen LogP contribution >= 0.6 is 11.6 Å². The van der Waals surface area contributed by atoms with Crippen LogP contribution in [0.1, 0.15) is 20.8 Å². The van der Waals surface area contributed by atoms with Crippen LogP contribution in [0.4, 0.5) is 0 Å². The van der Waals surface area contributed by atoms with Gasteiger partial charge in [0, 0.05) is 11.6 Å². The SMILES string of the molecule is CC(C)C(C)(O)CNS(=O)(=O)c1cccc(Cl)c1. The number of aliphatic hydroxyl groups is 1. The van der Waals surface area contributed by atoms with Gasteiger partial charge in [-0.15, -0.1) is 0 Å². The number of nitrogens with one attached hydrogen (secondary N) is 1. The highest BCUT2D eigenvalue weighted by Crippen LogP contribution is 2.18. The van der Waals surface area contributed by atoms with E-state index in [1.165, 1.54) is 12.1 Å². The van der Waals surface area contributed by atoms with Crippen molar-refractivity contribution in [3.63, 3.8) is 0 Å². The zero-order chi connectivity index (χ0) is 14.0. The van der Waals surface area contributed by atoms with E-state index in [4.69, 9.17) is 11.6 Å². The third kappa shape index (κ3) is 3.95. The molecule has 0 heterocycles. The van der Waals surface area contributed by atoms with Crippen molar-refractivity contribution in [2.45, 2.75) is 31.3 Å². The lowest BCUT2D eigenvalue weighted by Crippen LogP contribution is -2.44. The highest BCUT2D eigenvalue weighted by molar-refractivity contribution is 7.89. The van der Waals surface area contributed by atoms with Crippen LogP contribution in [0.15, 0.2) is 29.2 Å². The Labute approximate surface area is 113 Å². The Morgan fingerprint density at radius 2 is 2.06 bits per heavy atom. The molecule has 0 saturated heterocycles. The first kappa shape index (κ1) is 15.4. The van der Waals surface area contributed by atoms with Gasteiger partial charge in [0.2, 0.25) is 10.0 Å². The van der Waals surface area contributed by atoms with Crippen LogP contribution < -0.4 is 4.72 Å². The molecule has 18 heavy (non-hydrogen) atoms. The molecule has 0 aliphatic carbocycles. The second-order valence-electron chi connectivity index (χ2n) is 4.79. The van der Waals surface area contributed by atoms with E-state index in [-0.39, 0.29) is 17.4 Å². The monoisotopic (exact) mass is 291 g/mol. The van der Waals surface area contributed by atoms with E-state index in [1.807, 2.05) is 13.8 Å². The Kier molecular flexibility index (Phi) is 4.78. The largest absolute Gasteiger partial charge is 0.389 e. The molecule has 6 heteroatoms. The molecular weight excluding hydrogens is 274 g/mol. The van der Waals surface area contributed by atoms with Gasteiger partial charge in [0.05, 0.1) is 10.5 Å². The molecule has 0 fully saturated rings. The molecule has 0 spiro atoms. The zero-order valence-electron chi connectivity index (χ0n) is 10.6. The summed E-state index contributed by atoms with van der Waals surface area (Å²) in [4.78, 5) is 0.0922. The standard InChI is InChI=1S/C12H18ClNO3S/c1-9(2)12(3,15)8-14-18(16,17)11-6-4-5-10(13)7-11/h4-7,9,14-15H,8H2,1-3H3. The highest BCUT2D eigenvalue weighted by atomic mass is 35.5. The first-order valence-corrected chi connectivity index (χ1v) is 7.49. The molecule has 102 valence electrons. The minimum absolute atomic E-state index is 0.0421. The lowest BCUT2D eigenvalue weighted by atomic mass is 9.93. The fourth-order valence-electron chi connectivity index (χ4n) is 1.16. The second kappa shape index (κ2) is 5.57. The lowest BCUT2D eigenvalue weighted by Gasteiger charge is -2.27. The van der Waals surface area contributed by atoms with E-state index >= 15 is 0 Å². The quantitative estimate of drug-likeness (QED) is 0.872. The van der Waals surface area contributed by atoms with E-state index in [0.29, 0.717) is 5.02 Å². The van der Waals surface area contributed by atoms with E-state index < -0.39 is 15.6 Å². The number of rotatable bonds is 5. The molecule has 0 aromatic heterocycles. The summed E-state index contributed by atoms with van der Waals surface area (Å²) >= 11 is 5.75. The van der Waals surface area contributed by atoms with Crippen molar-refractivity contribution in [1.29, 1.82) is 0 Å². The molecule has 4 nitrogen and oxygen atoms in total. The van der Waals surface area contributed by atoms with E-state index in [2.05, 4.69) is 4.72 Å². The molecule has 1 unspecified atom stereocenters. The van der Waals surface area contributed by atoms with Gasteiger partial charge in [-0.3, -0.25) is 0 Å². The van der Waals surface area contributed by atoms with Crippen LogP contribution in [-0.4, -0.2) is 25.7 Å². The topological polar surface area (TPSA) is 66.4 Å². The molecule has 0 bridgehead atoms. The molecule has 0 amide bonds. The van der Waals surface area contributed by atoms with Crippen molar-refractivity contribution < 1.29 is 13.5 Å². The zero-order valence-corrected chi connectivity index (χ0v) is 12.2. The summed E-state index contributed by atoms with van der Waals surface area (Å²) in [5.41, 5.74) is -1.09. The third-order valence-electron chi connectivity index (χ3n) is 2.97. The Morgan fingerprint density at radius 1 is 1.44 bits per heavy atom. The average Bonchev–Trinajstić information content (AvgIpc) is 2.26. The van der Waals surface area contributed by atoms with Gasteiger partial charge in [-0.2, -0.15) is 0 Å². The molecule has 0 radical (unpaired) electrons. The fourth-order valence-corrected chi connectivity index (χ4v) is 2.61. The van der Waals surface area contributed by atoms with Crippen LogP contribution in [0.3, 0.4) is 0 Å². The number of benzene rings is 1. The maximum atomic E-state index is 12.0. The lowest BCUT2D eigenvalue weighted by molar-refractivity contribution is 0.0190. The minimum Gasteiger partial charge on any atom is -0.389 e. The van der Waals surface area contributed by atoms with Gasteiger partial charge in [-0.1, -0.05) is 31.5 Å². The van der Waals surface area contributed by atoms with E-state index in [1.54, 1.807) is 19.1 Å². The summed E-state index contributed by atoms with van der Waals surface area (Å²) in [6.45, 7) is 5.21. The molecule has 1 aromatic carbocycles. The predicted molar refractivity (Wildman–Crippen MR) is 72.1 cm³/mol. The maximum absolute atomic E-state index is 12.0. The first-order chi connectivity index (χ1) is 8.15. The predicted octanol–water partition coefficient (Wildman–Crippen LogP) is 2.03. The molecule has 1 aromatic rings. The molecule has 1 rings (SSSR count). The Bertz CT molecular complexity index is 512. The number of hydrogen-bond acceptors (Lipinski definition) is 3. The van der Waals surface area contributed by atoms with Gasteiger partial charge in [-0.05, 0) is 31.0 Å². The summed E-state index contributed by atoms with van der Waals surface area (Å²) in [6.07, 6.45) is 0. The molecule has 0 aliphatic rings. The maximum Gasteiger partial charge on any atom is 0.240 e. The van der Waals surface area contributed by atoms with Crippen LogP contribution in [-0.2, 0) is 10.0 Å². The van der Waals surface area contributed by atoms with Gasteiger partial charge in [0.15, 0.2) is 0 Å². The molecular formula is C12H18ClNO3S. The summed E-state index contributed by atoms with van der Waals surface area (Å²) in [5.74, 6) is -0.0560. The number of halogens is 1. The molecule has 0 aliphatic heterocycles. The Hall–Kier alpha value is -0.620. The van der Waals surface area contributed by atoms with Gasteiger partial charge in [0.25, 0.3) is 0 Å². The second-order valence-corrected chi connectivity index (χ2v) is 7.00. The van der Waals surface area contributed by atoms with Crippen molar-refractivity contribution in [3.8, 4) is 0 Å². The number of hydrogen-bond donors (Lipinski definition) is 2. The van der Waals surface area contributed by atoms with Crippen LogP contribution in [0.25, 0.3) is 0 Å². The van der Waals surface area contributed by atoms with Crippen LogP contribution in [0.5, 0.6) is 0 Å². The van der Waals surface area contributed by atoms with Crippen molar-refractivity contribution in [2.75, 3.05) is 6.54 Å². The highest BCUT2D eigenvalue weighted by Gasteiger charge is 2.27. The van der Waals surface area contributed by atoms with Gasteiger partial charge < -0.3 is 5.11 Å². The third-order valence-corrected chi connectivity index (χ3v) is 4.60. The smallest absolute Gasteiger partial charge is 0.240 e. The Morgan fingerprint density at radius 3 is 2.56 bits per heavy atom. The van der Waals surface area contributed by atoms with E-state index in [9.17, 15) is 13.5 Å². The van der Waals surface area contributed by atoms with Crippen molar-refractivity contribution >= 4 is 21.6 Å². The van der Waals surface area contributed by atoms with E-state index in [0.717, 1.165) is 0 Å². The summed E-state index contributed by atoms with van der Waals surface area (Å²) in [7, 11) is -3.64. The van der Waals surface area contributed by atoms with Gasteiger partial charge in [0.1, 0.15) is 0 Å². The number of sulfonamides is 1. The molecule has 2 N–H and O–H groups in total. The summed E-state index contributed by atoms with van der Waals surface area (Å²) < 4.78 is 26.3. The van der Waals surface area contributed by atoms with Gasteiger partial charge in [-0.25, -0.2) is 13.1 Å². The van der Waals surface area contributed by atoms with Crippen molar-refractivity contribution in [3.05, 3.63) is 29.3 Å². The average molecular weight is 292 g/mol. The van der Waals surface area contributed by atoms with Crippen LogP contribution in [0, 0.1) is 5.92 Å². The molecule has 1 atom stereocenters. The van der Waals surface area contributed by atoms with Crippen molar-refractivity contribution in [2.24, 2.45) is 5.92 Å².